The van der Waals surface area contributed by atoms with E-state index >= 15 is 0 Å². The van der Waals surface area contributed by atoms with Gasteiger partial charge in [0.05, 0.1) is 11.1 Å². The second-order valence-electron chi connectivity index (χ2n) is 4.17. The molecule has 0 saturated carbocycles. The van der Waals surface area contributed by atoms with Gasteiger partial charge in [-0.15, -0.1) is 0 Å². The molecule has 1 aromatic heterocycles. The molecular formula is C14H7FN2O4. The van der Waals surface area contributed by atoms with Crippen LogP contribution in [0.3, 0.4) is 0 Å². The van der Waals surface area contributed by atoms with Crippen LogP contribution in [-0.4, -0.2) is 27.8 Å². The van der Waals surface area contributed by atoms with Gasteiger partial charge in [0.15, 0.2) is 5.69 Å². The van der Waals surface area contributed by atoms with Gasteiger partial charge in [-0.25, -0.2) is 9.78 Å². The van der Waals surface area contributed by atoms with E-state index in [-0.39, 0.29) is 16.8 Å². The predicted octanol–water partition coefficient (Wildman–Crippen LogP) is 1.59. The average molecular weight is 286 g/mol. The fraction of sp³-hybridized carbons (Fsp3) is 0. The van der Waals surface area contributed by atoms with E-state index in [2.05, 4.69) is 4.98 Å². The van der Waals surface area contributed by atoms with Crippen molar-refractivity contribution in [3.63, 3.8) is 0 Å². The van der Waals surface area contributed by atoms with Crippen LogP contribution in [-0.2, 0) is 4.84 Å². The number of hydroxylamine groups is 2. The monoisotopic (exact) mass is 286 g/mol. The second-order valence-corrected chi connectivity index (χ2v) is 4.17. The van der Waals surface area contributed by atoms with Crippen LogP contribution in [0, 0.1) is 5.95 Å². The third-order valence-corrected chi connectivity index (χ3v) is 2.86. The molecule has 0 spiro atoms. The highest BCUT2D eigenvalue weighted by Crippen LogP contribution is 2.23. The van der Waals surface area contributed by atoms with Gasteiger partial charge in [0.1, 0.15) is 0 Å². The lowest BCUT2D eigenvalue weighted by atomic mass is 10.1. The molecule has 0 saturated heterocycles. The highest BCUT2D eigenvalue weighted by atomic mass is 19.1. The van der Waals surface area contributed by atoms with E-state index in [1.165, 1.54) is 24.3 Å². The van der Waals surface area contributed by atoms with E-state index in [9.17, 15) is 18.8 Å². The van der Waals surface area contributed by atoms with E-state index in [4.69, 9.17) is 4.84 Å². The molecule has 3 rings (SSSR count). The number of benzene rings is 1. The van der Waals surface area contributed by atoms with Gasteiger partial charge in [-0.2, -0.15) is 4.39 Å². The van der Waals surface area contributed by atoms with E-state index in [1.807, 2.05) is 0 Å². The molecule has 0 atom stereocenters. The van der Waals surface area contributed by atoms with Crippen LogP contribution < -0.4 is 0 Å². The first-order chi connectivity index (χ1) is 10.1. The molecule has 6 nitrogen and oxygen atoms in total. The molecular weight excluding hydrogens is 279 g/mol. The number of aromatic nitrogens is 1. The highest BCUT2D eigenvalue weighted by Gasteiger charge is 2.38. The lowest BCUT2D eigenvalue weighted by molar-refractivity contribution is -0.0589. The van der Waals surface area contributed by atoms with Crippen molar-refractivity contribution < 1.29 is 23.6 Å². The first-order valence-corrected chi connectivity index (χ1v) is 5.90. The Morgan fingerprint density at radius 1 is 1.00 bits per heavy atom. The summed E-state index contributed by atoms with van der Waals surface area (Å²) >= 11 is 0. The molecule has 0 N–H and O–H groups in total. The molecule has 1 aliphatic heterocycles. The summed E-state index contributed by atoms with van der Waals surface area (Å²) < 4.78 is 12.9. The zero-order valence-electron chi connectivity index (χ0n) is 10.4. The summed E-state index contributed by atoms with van der Waals surface area (Å²) in [5.74, 6) is -3.46. The Morgan fingerprint density at radius 2 is 1.62 bits per heavy atom. The largest absolute Gasteiger partial charge is 0.382 e. The summed E-state index contributed by atoms with van der Waals surface area (Å²) in [6.07, 6.45) is 0. The number of hydrogen-bond acceptors (Lipinski definition) is 5. The van der Waals surface area contributed by atoms with Gasteiger partial charge >= 0.3 is 5.97 Å². The number of hydrogen-bond donors (Lipinski definition) is 0. The Bertz CT molecular complexity index is 740. The molecule has 1 aliphatic rings. The summed E-state index contributed by atoms with van der Waals surface area (Å²) in [5.41, 5.74) is -0.0587. The quantitative estimate of drug-likeness (QED) is 0.619. The molecule has 2 amide bonds. The SMILES string of the molecule is O=C(ON1C(=O)c2ccccc2C1=O)c1cccc(F)n1. The highest BCUT2D eigenvalue weighted by molar-refractivity contribution is 6.21. The van der Waals surface area contributed by atoms with Gasteiger partial charge in [-0.3, -0.25) is 9.59 Å². The number of carbonyl (C=O) groups excluding carboxylic acids is 3. The standard InChI is InChI=1S/C14H7FN2O4/c15-11-7-3-6-10(16-11)14(20)21-17-12(18)8-4-1-2-5-9(8)13(17)19/h1-7H. The van der Waals surface area contributed by atoms with Crippen LogP contribution in [0.4, 0.5) is 4.39 Å². The Labute approximate surface area is 117 Å². The summed E-state index contributed by atoms with van der Waals surface area (Å²) in [6.45, 7) is 0. The van der Waals surface area contributed by atoms with E-state index in [0.29, 0.717) is 5.06 Å². The minimum absolute atomic E-state index is 0.141. The van der Waals surface area contributed by atoms with Crippen LogP contribution in [0.25, 0.3) is 0 Å². The first-order valence-electron chi connectivity index (χ1n) is 5.90. The molecule has 0 unspecified atom stereocenters. The van der Waals surface area contributed by atoms with Crippen molar-refractivity contribution in [1.82, 2.24) is 10.0 Å². The molecule has 0 aliphatic carbocycles. The van der Waals surface area contributed by atoms with Crippen molar-refractivity contribution in [3.05, 3.63) is 65.2 Å². The molecule has 1 aromatic carbocycles. The van der Waals surface area contributed by atoms with E-state index in [0.717, 1.165) is 6.07 Å². The van der Waals surface area contributed by atoms with Crippen LogP contribution in [0.1, 0.15) is 31.2 Å². The van der Waals surface area contributed by atoms with E-state index in [1.54, 1.807) is 12.1 Å². The van der Waals surface area contributed by atoms with Gasteiger partial charge in [-0.1, -0.05) is 23.3 Å². The lowest BCUT2D eigenvalue weighted by Gasteiger charge is -2.12. The number of fused-ring (bicyclic) bond motifs is 1. The van der Waals surface area contributed by atoms with Crippen LogP contribution in [0.5, 0.6) is 0 Å². The van der Waals surface area contributed by atoms with Crippen LogP contribution >= 0.6 is 0 Å². The van der Waals surface area contributed by atoms with E-state index < -0.39 is 23.7 Å². The van der Waals surface area contributed by atoms with Crippen molar-refractivity contribution >= 4 is 17.8 Å². The van der Waals surface area contributed by atoms with Crippen LogP contribution in [0.15, 0.2) is 42.5 Å². The maximum absolute atomic E-state index is 12.9. The number of nitrogens with zero attached hydrogens (tertiary/aromatic N) is 2. The maximum Gasteiger partial charge on any atom is 0.382 e. The minimum atomic E-state index is -1.09. The third kappa shape index (κ3) is 2.14. The molecule has 21 heavy (non-hydrogen) atoms. The number of amides is 2. The topological polar surface area (TPSA) is 76.6 Å². The Kier molecular flexibility index (Phi) is 2.94. The summed E-state index contributed by atoms with van der Waals surface area (Å²) in [7, 11) is 0. The number of carbonyl (C=O) groups is 3. The Hall–Kier alpha value is -3.09. The minimum Gasteiger partial charge on any atom is -0.323 e. The number of rotatable bonds is 2. The molecule has 0 bridgehead atoms. The maximum atomic E-state index is 12.9. The smallest absolute Gasteiger partial charge is 0.323 e. The van der Waals surface area contributed by atoms with Crippen molar-refractivity contribution in [3.8, 4) is 0 Å². The van der Waals surface area contributed by atoms with Gasteiger partial charge in [-0.05, 0) is 24.3 Å². The Balaban J connectivity index is 1.85. The zero-order chi connectivity index (χ0) is 15.0. The lowest BCUT2D eigenvalue weighted by Crippen LogP contribution is -2.33. The molecule has 2 heterocycles. The number of halogens is 1. The predicted molar refractivity (Wildman–Crippen MR) is 66.6 cm³/mol. The number of pyridine rings is 1. The number of imide groups is 1. The molecule has 104 valence electrons. The average Bonchev–Trinajstić information content (AvgIpc) is 2.73. The fourth-order valence-electron chi connectivity index (χ4n) is 1.90. The first kappa shape index (κ1) is 12.9. The Morgan fingerprint density at radius 3 is 2.19 bits per heavy atom. The normalized spacial score (nSPS) is 13.3. The van der Waals surface area contributed by atoms with Gasteiger partial charge in [0, 0.05) is 0 Å². The molecule has 0 radical (unpaired) electrons. The molecule has 7 heteroatoms. The third-order valence-electron chi connectivity index (χ3n) is 2.86. The summed E-state index contributed by atoms with van der Waals surface area (Å²) in [5, 5.41) is 0.347. The van der Waals surface area contributed by atoms with Gasteiger partial charge in [0.25, 0.3) is 11.8 Å². The van der Waals surface area contributed by atoms with Crippen molar-refractivity contribution in [2.45, 2.75) is 0 Å². The second kappa shape index (κ2) is 4.78. The molecule has 2 aromatic rings. The zero-order valence-corrected chi connectivity index (χ0v) is 10.4. The summed E-state index contributed by atoms with van der Waals surface area (Å²) in [6, 6.07) is 9.60. The van der Waals surface area contributed by atoms with Crippen molar-refractivity contribution in [2.24, 2.45) is 0 Å². The van der Waals surface area contributed by atoms with Gasteiger partial charge < -0.3 is 4.84 Å². The summed E-state index contributed by atoms with van der Waals surface area (Å²) in [4.78, 5) is 43.8. The fourth-order valence-corrected chi connectivity index (χ4v) is 1.90. The van der Waals surface area contributed by atoms with Crippen molar-refractivity contribution in [1.29, 1.82) is 0 Å². The van der Waals surface area contributed by atoms with Crippen molar-refractivity contribution in [2.75, 3.05) is 0 Å². The van der Waals surface area contributed by atoms with Crippen LogP contribution in [0.2, 0.25) is 0 Å². The molecule has 0 fully saturated rings. The van der Waals surface area contributed by atoms with Gasteiger partial charge in [0.2, 0.25) is 5.95 Å².